The van der Waals surface area contributed by atoms with Crippen molar-refractivity contribution in [2.45, 2.75) is 58.0 Å². The second kappa shape index (κ2) is 6.10. The molecule has 1 fully saturated rings. The van der Waals surface area contributed by atoms with Gasteiger partial charge in [-0.15, -0.1) is 5.10 Å². The summed E-state index contributed by atoms with van der Waals surface area (Å²) < 4.78 is 2.03. The number of hydrogen-bond acceptors (Lipinski definition) is 4. The molecule has 17 heavy (non-hydrogen) atoms. The van der Waals surface area contributed by atoms with E-state index in [1.807, 2.05) is 11.7 Å². The molecule has 1 aromatic rings. The molecule has 1 N–H and O–H groups in total. The highest BCUT2D eigenvalue weighted by molar-refractivity contribution is 4.86. The first-order chi connectivity index (χ1) is 8.35. The Labute approximate surface area is 103 Å². The Morgan fingerprint density at radius 3 is 2.71 bits per heavy atom. The molecule has 0 atom stereocenters. The SMILES string of the molecule is CCCC1CCC(n2nnnc2CNC)CC1. The number of rotatable bonds is 5. The van der Waals surface area contributed by atoms with Crippen LogP contribution in [0.1, 0.15) is 57.3 Å². The average molecular weight is 237 g/mol. The monoisotopic (exact) mass is 237 g/mol. The van der Waals surface area contributed by atoms with Gasteiger partial charge < -0.3 is 5.32 Å². The third-order valence-corrected chi connectivity index (χ3v) is 3.75. The number of nitrogens with one attached hydrogen (secondary N) is 1. The molecule has 0 bridgehead atoms. The van der Waals surface area contributed by atoms with Crippen molar-refractivity contribution in [2.75, 3.05) is 7.05 Å². The average Bonchev–Trinajstić information content (AvgIpc) is 2.79. The fourth-order valence-corrected chi connectivity index (χ4v) is 2.86. The smallest absolute Gasteiger partial charge is 0.165 e. The Morgan fingerprint density at radius 2 is 2.06 bits per heavy atom. The minimum Gasteiger partial charge on any atom is -0.313 e. The molecule has 0 aliphatic heterocycles. The summed E-state index contributed by atoms with van der Waals surface area (Å²) in [6.45, 7) is 3.03. The maximum absolute atomic E-state index is 4.15. The molecule has 0 spiro atoms. The lowest BCUT2D eigenvalue weighted by atomic mass is 9.83. The standard InChI is InChI=1S/C12H23N5/c1-3-4-10-5-7-11(8-6-10)17-12(9-13-2)14-15-16-17/h10-11,13H,3-9H2,1-2H3. The van der Waals surface area contributed by atoms with E-state index in [1.165, 1.54) is 38.5 Å². The van der Waals surface area contributed by atoms with Crippen LogP contribution in [0.15, 0.2) is 0 Å². The summed E-state index contributed by atoms with van der Waals surface area (Å²) in [6, 6.07) is 0.515. The summed E-state index contributed by atoms with van der Waals surface area (Å²) in [7, 11) is 1.93. The summed E-state index contributed by atoms with van der Waals surface area (Å²) in [5.41, 5.74) is 0. The van der Waals surface area contributed by atoms with Crippen molar-refractivity contribution >= 4 is 0 Å². The van der Waals surface area contributed by atoms with Crippen LogP contribution < -0.4 is 5.32 Å². The van der Waals surface area contributed by atoms with E-state index in [0.717, 1.165) is 18.3 Å². The zero-order valence-electron chi connectivity index (χ0n) is 10.9. The fourth-order valence-electron chi connectivity index (χ4n) is 2.86. The predicted molar refractivity (Wildman–Crippen MR) is 66.5 cm³/mol. The lowest BCUT2D eigenvalue weighted by Crippen LogP contribution is -2.22. The van der Waals surface area contributed by atoms with Gasteiger partial charge in [0.1, 0.15) is 0 Å². The van der Waals surface area contributed by atoms with Crippen LogP contribution in [0.5, 0.6) is 0 Å². The number of hydrogen-bond donors (Lipinski definition) is 1. The molecule has 1 heterocycles. The van der Waals surface area contributed by atoms with Crippen LogP contribution in [0.4, 0.5) is 0 Å². The van der Waals surface area contributed by atoms with E-state index >= 15 is 0 Å². The lowest BCUT2D eigenvalue weighted by molar-refractivity contribution is 0.243. The number of nitrogens with zero attached hydrogens (tertiary/aromatic N) is 4. The summed E-state index contributed by atoms with van der Waals surface area (Å²) in [4.78, 5) is 0. The predicted octanol–water partition coefficient (Wildman–Crippen LogP) is 1.92. The molecule has 96 valence electrons. The Hall–Kier alpha value is -0.970. The van der Waals surface area contributed by atoms with Gasteiger partial charge in [0.25, 0.3) is 0 Å². The zero-order chi connectivity index (χ0) is 12.1. The zero-order valence-corrected chi connectivity index (χ0v) is 10.9. The number of tetrazole rings is 1. The molecule has 1 aromatic heterocycles. The minimum absolute atomic E-state index is 0.515. The third kappa shape index (κ3) is 3.03. The van der Waals surface area contributed by atoms with E-state index in [9.17, 15) is 0 Å². The van der Waals surface area contributed by atoms with Crippen molar-refractivity contribution in [3.05, 3.63) is 5.82 Å². The summed E-state index contributed by atoms with van der Waals surface area (Å²) >= 11 is 0. The highest BCUT2D eigenvalue weighted by atomic mass is 15.6. The lowest BCUT2D eigenvalue weighted by Gasteiger charge is -2.28. The maximum atomic E-state index is 4.15. The highest BCUT2D eigenvalue weighted by Crippen LogP contribution is 2.34. The molecule has 0 radical (unpaired) electrons. The van der Waals surface area contributed by atoms with Gasteiger partial charge in [-0.1, -0.05) is 19.8 Å². The first kappa shape index (κ1) is 12.5. The van der Waals surface area contributed by atoms with Crippen molar-refractivity contribution in [1.29, 1.82) is 0 Å². The van der Waals surface area contributed by atoms with E-state index in [4.69, 9.17) is 0 Å². The Kier molecular flexibility index (Phi) is 4.48. The topological polar surface area (TPSA) is 55.6 Å². The van der Waals surface area contributed by atoms with Crippen LogP contribution in [0, 0.1) is 5.92 Å². The van der Waals surface area contributed by atoms with Gasteiger partial charge in [0.15, 0.2) is 5.82 Å². The molecule has 1 saturated carbocycles. The molecule has 2 rings (SSSR count). The van der Waals surface area contributed by atoms with Gasteiger partial charge in [-0.3, -0.25) is 0 Å². The van der Waals surface area contributed by atoms with Crippen molar-refractivity contribution < 1.29 is 0 Å². The van der Waals surface area contributed by atoms with Gasteiger partial charge in [0.2, 0.25) is 0 Å². The molecular formula is C12H23N5. The van der Waals surface area contributed by atoms with Gasteiger partial charge in [0.05, 0.1) is 12.6 Å². The van der Waals surface area contributed by atoms with Crippen molar-refractivity contribution in [3.63, 3.8) is 0 Å². The van der Waals surface area contributed by atoms with Crippen LogP contribution in [0.3, 0.4) is 0 Å². The van der Waals surface area contributed by atoms with Gasteiger partial charge in [0, 0.05) is 0 Å². The Balaban J connectivity index is 1.93. The van der Waals surface area contributed by atoms with Crippen LogP contribution in [0.2, 0.25) is 0 Å². The molecule has 0 amide bonds. The van der Waals surface area contributed by atoms with Crippen LogP contribution >= 0.6 is 0 Å². The fraction of sp³-hybridized carbons (Fsp3) is 0.917. The molecule has 5 heteroatoms. The summed E-state index contributed by atoms with van der Waals surface area (Å²) in [6.07, 6.45) is 7.81. The third-order valence-electron chi connectivity index (χ3n) is 3.75. The molecule has 1 aliphatic carbocycles. The molecular weight excluding hydrogens is 214 g/mol. The molecule has 0 unspecified atom stereocenters. The van der Waals surface area contributed by atoms with E-state index in [0.29, 0.717) is 6.04 Å². The van der Waals surface area contributed by atoms with Crippen LogP contribution in [0.25, 0.3) is 0 Å². The quantitative estimate of drug-likeness (QED) is 0.850. The van der Waals surface area contributed by atoms with Crippen molar-refractivity contribution in [2.24, 2.45) is 5.92 Å². The van der Waals surface area contributed by atoms with Gasteiger partial charge in [-0.25, -0.2) is 4.68 Å². The van der Waals surface area contributed by atoms with E-state index < -0.39 is 0 Å². The molecule has 5 nitrogen and oxygen atoms in total. The normalized spacial score (nSPS) is 25.1. The highest BCUT2D eigenvalue weighted by Gasteiger charge is 2.24. The van der Waals surface area contributed by atoms with Gasteiger partial charge in [-0.05, 0) is 49.1 Å². The molecule has 0 saturated heterocycles. The van der Waals surface area contributed by atoms with Crippen molar-refractivity contribution in [1.82, 2.24) is 25.5 Å². The Morgan fingerprint density at radius 1 is 1.29 bits per heavy atom. The largest absolute Gasteiger partial charge is 0.313 e. The van der Waals surface area contributed by atoms with Crippen LogP contribution in [-0.2, 0) is 6.54 Å². The summed E-state index contributed by atoms with van der Waals surface area (Å²) in [5, 5.41) is 15.1. The van der Waals surface area contributed by atoms with Crippen LogP contribution in [-0.4, -0.2) is 27.3 Å². The first-order valence-electron chi connectivity index (χ1n) is 6.76. The molecule has 0 aromatic carbocycles. The molecule has 1 aliphatic rings. The Bertz CT molecular complexity index is 327. The first-order valence-corrected chi connectivity index (χ1v) is 6.76. The minimum atomic E-state index is 0.515. The maximum Gasteiger partial charge on any atom is 0.165 e. The van der Waals surface area contributed by atoms with E-state index in [2.05, 4.69) is 27.8 Å². The second-order valence-electron chi connectivity index (χ2n) is 5.03. The van der Waals surface area contributed by atoms with Crippen molar-refractivity contribution in [3.8, 4) is 0 Å². The van der Waals surface area contributed by atoms with E-state index in [1.54, 1.807) is 0 Å². The second-order valence-corrected chi connectivity index (χ2v) is 5.03. The number of aromatic nitrogens is 4. The summed E-state index contributed by atoms with van der Waals surface area (Å²) in [5.74, 6) is 1.90. The van der Waals surface area contributed by atoms with Gasteiger partial charge >= 0.3 is 0 Å². The van der Waals surface area contributed by atoms with Gasteiger partial charge in [-0.2, -0.15) is 0 Å². The van der Waals surface area contributed by atoms with E-state index in [-0.39, 0.29) is 0 Å².